The second-order valence-electron chi connectivity index (χ2n) is 6.83. The Bertz CT molecular complexity index is 1570. The molecule has 33 heavy (non-hydrogen) atoms. The van der Waals surface area contributed by atoms with Crippen molar-refractivity contribution in [1.82, 2.24) is 9.97 Å². The first kappa shape index (κ1) is 21.4. The van der Waals surface area contributed by atoms with Crippen molar-refractivity contribution in [2.45, 2.75) is 0 Å². The Kier molecular flexibility index (Phi) is 5.47. The SMILES string of the molecule is N#Cc1c(N)nc2sc(C(=O)Nc3nc(-c4ccccc4Cl)cs3)c(N)c2c1-c1cccs1. The summed E-state index contributed by atoms with van der Waals surface area (Å²) in [6.07, 6.45) is 0. The van der Waals surface area contributed by atoms with E-state index in [1.54, 1.807) is 6.07 Å². The summed E-state index contributed by atoms with van der Waals surface area (Å²) in [4.78, 5) is 23.5. The number of amides is 1. The molecule has 0 aliphatic rings. The molecule has 0 unspecified atom stereocenters. The van der Waals surface area contributed by atoms with Crippen molar-refractivity contribution in [3.8, 4) is 27.8 Å². The van der Waals surface area contributed by atoms with Crippen LogP contribution in [0.4, 0.5) is 16.6 Å². The minimum atomic E-state index is -0.412. The van der Waals surface area contributed by atoms with Crippen LogP contribution in [0.5, 0.6) is 0 Å². The van der Waals surface area contributed by atoms with Gasteiger partial charge in [-0.15, -0.1) is 34.0 Å². The molecule has 11 heteroatoms. The number of pyridine rings is 1. The Morgan fingerprint density at radius 1 is 1.12 bits per heavy atom. The maximum absolute atomic E-state index is 13.1. The molecule has 5 rings (SSSR count). The first-order valence-electron chi connectivity index (χ1n) is 9.45. The van der Waals surface area contributed by atoms with E-state index in [2.05, 4.69) is 21.4 Å². The van der Waals surface area contributed by atoms with Crippen LogP contribution in [0.25, 0.3) is 31.9 Å². The van der Waals surface area contributed by atoms with Gasteiger partial charge in [0.15, 0.2) is 5.13 Å². The second-order valence-corrected chi connectivity index (χ2v) is 10.0. The lowest BCUT2D eigenvalue weighted by molar-refractivity contribution is 0.103. The molecule has 0 spiro atoms. The summed E-state index contributed by atoms with van der Waals surface area (Å²) < 4.78 is 0. The molecule has 0 saturated heterocycles. The maximum Gasteiger partial charge on any atom is 0.269 e. The molecule has 0 bridgehead atoms. The van der Waals surface area contributed by atoms with Gasteiger partial charge in [0, 0.05) is 31.8 Å². The van der Waals surface area contributed by atoms with Crippen molar-refractivity contribution in [2.24, 2.45) is 0 Å². The predicted molar refractivity (Wildman–Crippen MR) is 137 cm³/mol. The monoisotopic (exact) mass is 508 g/mol. The van der Waals surface area contributed by atoms with Gasteiger partial charge < -0.3 is 11.5 Å². The van der Waals surface area contributed by atoms with Crippen LogP contribution in [0.15, 0.2) is 47.2 Å². The zero-order chi connectivity index (χ0) is 23.1. The number of thiazole rings is 1. The summed E-state index contributed by atoms with van der Waals surface area (Å²) in [5.41, 5.74) is 15.0. The maximum atomic E-state index is 13.1. The van der Waals surface area contributed by atoms with E-state index >= 15 is 0 Å². The fourth-order valence-electron chi connectivity index (χ4n) is 3.40. The van der Waals surface area contributed by atoms with Crippen LogP contribution in [-0.2, 0) is 0 Å². The van der Waals surface area contributed by atoms with Gasteiger partial charge >= 0.3 is 0 Å². The number of anilines is 3. The molecule has 0 radical (unpaired) electrons. The van der Waals surface area contributed by atoms with E-state index in [9.17, 15) is 10.1 Å². The number of rotatable bonds is 4. The van der Waals surface area contributed by atoms with E-state index in [1.165, 1.54) is 22.7 Å². The van der Waals surface area contributed by atoms with Crippen molar-refractivity contribution < 1.29 is 4.79 Å². The number of halogens is 1. The highest BCUT2D eigenvalue weighted by Gasteiger charge is 2.25. The minimum absolute atomic E-state index is 0.103. The summed E-state index contributed by atoms with van der Waals surface area (Å²) >= 11 is 10.1. The molecule has 0 fully saturated rings. The lowest BCUT2D eigenvalue weighted by Crippen LogP contribution is -2.11. The van der Waals surface area contributed by atoms with Crippen LogP contribution in [0.1, 0.15) is 15.2 Å². The summed E-state index contributed by atoms with van der Waals surface area (Å²) in [7, 11) is 0. The number of fused-ring (bicyclic) bond motifs is 1. The Hall–Kier alpha value is -3.49. The van der Waals surface area contributed by atoms with Gasteiger partial charge in [0.25, 0.3) is 5.91 Å². The van der Waals surface area contributed by atoms with Crippen molar-refractivity contribution >= 4 is 78.4 Å². The van der Waals surface area contributed by atoms with Crippen LogP contribution >= 0.6 is 45.6 Å². The van der Waals surface area contributed by atoms with E-state index in [0.29, 0.717) is 31.6 Å². The third-order valence-electron chi connectivity index (χ3n) is 4.86. The van der Waals surface area contributed by atoms with E-state index in [4.69, 9.17) is 23.1 Å². The first-order valence-corrected chi connectivity index (χ1v) is 12.4. The molecule has 5 N–H and O–H groups in total. The lowest BCUT2D eigenvalue weighted by atomic mass is 10.0. The molecule has 4 heterocycles. The van der Waals surface area contributed by atoms with Crippen LogP contribution in [-0.4, -0.2) is 15.9 Å². The van der Waals surface area contributed by atoms with E-state index in [-0.39, 0.29) is 21.9 Å². The summed E-state index contributed by atoms with van der Waals surface area (Å²) in [5.74, 6) is -0.310. The largest absolute Gasteiger partial charge is 0.397 e. The number of nitrogens with zero attached hydrogens (tertiary/aromatic N) is 3. The van der Waals surface area contributed by atoms with Gasteiger partial charge in [-0.3, -0.25) is 10.1 Å². The highest BCUT2D eigenvalue weighted by molar-refractivity contribution is 7.21. The summed E-state index contributed by atoms with van der Waals surface area (Å²) in [6, 6.07) is 13.2. The number of nitrogens with one attached hydrogen (secondary N) is 1. The number of carbonyl (C=O) groups excluding carboxylic acids is 1. The Balaban J connectivity index is 1.54. The molecule has 0 aliphatic carbocycles. The van der Waals surface area contributed by atoms with Crippen LogP contribution in [0.2, 0.25) is 5.02 Å². The van der Waals surface area contributed by atoms with E-state index in [0.717, 1.165) is 21.8 Å². The smallest absolute Gasteiger partial charge is 0.269 e. The topological polar surface area (TPSA) is 131 Å². The van der Waals surface area contributed by atoms with Gasteiger partial charge in [0.05, 0.1) is 11.4 Å². The Labute approximate surface area is 204 Å². The normalized spacial score (nSPS) is 10.9. The van der Waals surface area contributed by atoms with E-state index in [1.807, 2.05) is 41.1 Å². The van der Waals surface area contributed by atoms with Crippen molar-refractivity contribution in [2.75, 3.05) is 16.8 Å². The minimum Gasteiger partial charge on any atom is -0.397 e. The molecule has 0 atom stereocenters. The van der Waals surface area contributed by atoms with Crippen LogP contribution < -0.4 is 16.8 Å². The molecule has 4 aromatic heterocycles. The molecule has 1 amide bonds. The molecule has 162 valence electrons. The predicted octanol–water partition coefficient (Wildman–Crippen LogP) is 6.09. The molecule has 0 aliphatic heterocycles. The standard InChI is InChI=1S/C22H13ClN6OS3/c23-12-5-2-1-4-10(12)13-9-32-22(27-13)29-20(30)18-17(25)16-15(14-6-3-7-31-14)11(8-24)19(26)28-21(16)33-18/h1-7,9H,25H2,(H2,26,28)(H,27,29,30). The quantitative estimate of drug-likeness (QED) is 0.269. The zero-order valence-electron chi connectivity index (χ0n) is 16.6. The highest BCUT2D eigenvalue weighted by atomic mass is 35.5. The Morgan fingerprint density at radius 2 is 1.94 bits per heavy atom. The van der Waals surface area contributed by atoms with Crippen LogP contribution in [0, 0.1) is 11.3 Å². The third kappa shape index (κ3) is 3.71. The molecule has 0 saturated carbocycles. The van der Waals surface area contributed by atoms with Crippen molar-refractivity contribution in [3.05, 3.63) is 62.6 Å². The number of hydrogen-bond donors (Lipinski definition) is 3. The summed E-state index contributed by atoms with van der Waals surface area (Å²) in [6.45, 7) is 0. The number of nitriles is 1. The number of nitrogen functional groups attached to an aromatic ring is 2. The average Bonchev–Trinajstić information content (AvgIpc) is 3.54. The average molecular weight is 509 g/mol. The van der Waals surface area contributed by atoms with Gasteiger partial charge in [-0.05, 0) is 17.5 Å². The Morgan fingerprint density at radius 3 is 2.67 bits per heavy atom. The summed E-state index contributed by atoms with van der Waals surface area (Å²) in [5, 5.41) is 17.7. The molecular formula is C22H13ClN6OS3. The number of benzene rings is 1. The van der Waals surface area contributed by atoms with Crippen molar-refractivity contribution in [1.29, 1.82) is 5.26 Å². The molecular weight excluding hydrogens is 496 g/mol. The van der Waals surface area contributed by atoms with Crippen LogP contribution in [0.3, 0.4) is 0 Å². The number of carbonyl (C=O) groups is 1. The van der Waals surface area contributed by atoms with Gasteiger partial charge in [0.1, 0.15) is 27.2 Å². The lowest BCUT2D eigenvalue weighted by Gasteiger charge is -2.07. The fourth-order valence-corrected chi connectivity index (χ4v) is 6.13. The zero-order valence-corrected chi connectivity index (χ0v) is 19.8. The highest BCUT2D eigenvalue weighted by Crippen LogP contribution is 2.44. The van der Waals surface area contributed by atoms with Gasteiger partial charge in [-0.1, -0.05) is 35.9 Å². The third-order valence-corrected chi connectivity index (χ3v) is 7.94. The van der Waals surface area contributed by atoms with Gasteiger partial charge in [0.2, 0.25) is 0 Å². The second kappa shape index (κ2) is 8.46. The van der Waals surface area contributed by atoms with E-state index < -0.39 is 5.91 Å². The number of nitrogens with two attached hydrogens (primary N) is 2. The van der Waals surface area contributed by atoms with Gasteiger partial charge in [-0.2, -0.15) is 5.26 Å². The van der Waals surface area contributed by atoms with Crippen molar-refractivity contribution in [3.63, 3.8) is 0 Å². The van der Waals surface area contributed by atoms with Gasteiger partial charge in [-0.25, -0.2) is 9.97 Å². The molecule has 5 aromatic rings. The number of hydrogen-bond acceptors (Lipinski definition) is 9. The fraction of sp³-hybridized carbons (Fsp3) is 0. The number of thiophene rings is 2. The first-order chi connectivity index (χ1) is 16.0. The molecule has 1 aromatic carbocycles. The number of aromatic nitrogens is 2. The molecule has 7 nitrogen and oxygen atoms in total.